The Morgan fingerprint density at radius 1 is 1.35 bits per heavy atom. The molecule has 26 heavy (non-hydrogen) atoms. The molecular formula is C15H11BrF5N3OS. The Balaban J connectivity index is 2.67. The van der Waals surface area contributed by atoms with Gasteiger partial charge in [-0.3, -0.25) is 14.4 Å². The van der Waals surface area contributed by atoms with Crippen LogP contribution in [0.5, 0.6) is 0 Å². The summed E-state index contributed by atoms with van der Waals surface area (Å²) in [6, 6.07) is 2.22. The summed E-state index contributed by atoms with van der Waals surface area (Å²) in [6.45, 7) is 0. The van der Waals surface area contributed by atoms with E-state index in [1.54, 1.807) is 6.08 Å². The van der Waals surface area contributed by atoms with Crippen molar-refractivity contribution in [1.29, 1.82) is 0 Å². The normalized spacial score (nSPS) is 12.0. The quantitative estimate of drug-likeness (QED) is 0.349. The van der Waals surface area contributed by atoms with Crippen molar-refractivity contribution in [2.45, 2.75) is 11.2 Å². The van der Waals surface area contributed by atoms with Gasteiger partial charge in [-0.25, -0.2) is 8.78 Å². The van der Waals surface area contributed by atoms with Gasteiger partial charge in [-0.2, -0.15) is 18.3 Å². The van der Waals surface area contributed by atoms with E-state index in [-0.39, 0.29) is 17.2 Å². The van der Waals surface area contributed by atoms with E-state index in [9.17, 15) is 26.7 Å². The van der Waals surface area contributed by atoms with E-state index in [1.165, 1.54) is 12.0 Å². The molecule has 0 atom stereocenters. The SMILES string of the molecule is Cn1nc(C(F)(F)F)c(N(C=O)c2ccc(F)cc2F)c1SCC=CBr. The van der Waals surface area contributed by atoms with Crippen LogP contribution in [0.4, 0.5) is 33.3 Å². The third kappa shape index (κ3) is 4.26. The molecule has 0 bridgehead atoms. The monoisotopic (exact) mass is 455 g/mol. The Morgan fingerprint density at radius 2 is 2.04 bits per heavy atom. The summed E-state index contributed by atoms with van der Waals surface area (Å²) in [5.41, 5.74) is -2.48. The topological polar surface area (TPSA) is 38.1 Å². The Morgan fingerprint density at radius 3 is 2.58 bits per heavy atom. The number of thioether (sulfide) groups is 1. The van der Waals surface area contributed by atoms with Gasteiger partial charge in [0.1, 0.15) is 22.3 Å². The zero-order chi connectivity index (χ0) is 19.5. The molecule has 140 valence electrons. The second kappa shape index (κ2) is 8.21. The molecule has 1 aromatic heterocycles. The molecule has 1 amide bonds. The van der Waals surface area contributed by atoms with Gasteiger partial charge >= 0.3 is 6.18 Å². The maximum Gasteiger partial charge on any atom is 0.437 e. The number of rotatable bonds is 6. The third-order valence-corrected chi connectivity index (χ3v) is 4.62. The summed E-state index contributed by atoms with van der Waals surface area (Å²) in [6.07, 6.45) is -3.22. The molecule has 0 saturated heterocycles. The average Bonchev–Trinajstić information content (AvgIpc) is 2.88. The summed E-state index contributed by atoms with van der Waals surface area (Å²) in [5.74, 6) is -1.82. The minimum absolute atomic E-state index is 0.00116. The fourth-order valence-corrected chi connectivity index (χ4v) is 3.48. The fourth-order valence-electron chi connectivity index (χ4n) is 2.14. The van der Waals surface area contributed by atoms with Crippen LogP contribution in [0.25, 0.3) is 0 Å². The third-order valence-electron chi connectivity index (χ3n) is 3.16. The first kappa shape index (κ1) is 20.4. The number of amides is 1. The number of anilines is 2. The number of halogens is 6. The van der Waals surface area contributed by atoms with Gasteiger partial charge in [-0.15, -0.1) is 11.8 Å². The highest BCUT2D eigenvalue weighted by molar-refractivity contribution is 9.11. The standard InChI is InChI=1S/C15H11BrF5N3OS/c1-23-14(26-6-2-5-16)12(13(22-23)15(19,20)21)24(8-25)11-4-3-9(17)7-10(11)18/h2-5,7-8H,6H2,1H3. The lowest BCUT2D eigenvalue weighted by Crippen LogP contribution is -2.20. The number of hydrogen-bond donors (Lipinski definition) is 0. The number of carbonyl (C=O) groups is 1. The molecule has 0 spiro atoms. The molecule has 0 fully saturated rings. The molecule has 11 heteroatoms. The van der Waals surface area contributed by atoms with Crippen LogP contribution in [0.1, 0.15) is 5.69 Å². The average molecular weight is 456 g/mol. The highest BCUT2D eigenvalue weighted by atomic mass is 79.9. The fraction of sp³-hybridized carbons (Fsp3) is 0.200. The molecule has 0 N–H and O–H groups in total. The Hall–Kier alpha value is -1.88. The zero-order valence-electron chi connectivity index (χ0n) is 13.1. The van der Waals surface area contributed by atoms with Crippen LogP contribution in [-0.2, 0) is 18.0 Å². The number of aryl methyl sites for hydroxylation is 1. The van der Waals surface area contributed by atoms with E-state index in [0.717, 1.165) is 28.6 Å². The zero-order valence-corrected chi connectivity index (χ0v) is 15.5. The van der Waals surface area contributed by atoms with Crippen molar-refractivity contribution in [2.75, 3.05) is 10.7 Å². The van der Waals surface area contributed by atoms with Crippen molar-refractivity contribution in [3.63, 3.8) is 0 Å². The largest absolute Gasteiger partial charge is 0.437 e. The van der Waals surface area contributed by atoms with Crippen molar-refractivity contribution in [2.24, 2.45) is 7.05 Å². The van der Waals surface area contributed by atoms with Gasteiger partial charge in [-0.05, 0) is 17.1 Å². The second-order valence-corrected chi connectivity index (χ2v) is 6.40. The van der Waals surface area contributed by atoms with E-state index in [2.05, 4.69) is 21.0 Å². The number of hydrogen-bond acceptors (Lipinski definition) is 3. The molecule has 0 aliphatic carbocycles. The molecule has 0 radical (unpaired) electrons. The first-order chi connectivity index (χ1) is 12.2. The lowest BCUT2D eigenvalue weighted by atomic mass is 10.2. The number of benzene rings is 1. The summed E-state index contributed by atoms with van der Waals surface area (Å²) >= 11 is 4.01. The number of alkyl halides is 3. The number of carbonyl (C=O) groups excluding carboxylic acids is 1. The van der Waals surface area contributed by atoms with Crippen LogP contribution in [0.2, 0.25) is 0 Å². The first-order valence-electron chi connectivity index (χ1n) is 6.92. The molecule has 1 heterocycles. The van der Waals surface area contributed by atoms with Gasteiger partial charge in [0.2, 0.25) is 6.41 Å². The lowest BCUT2D eigenvalue weighted by molar-refractivity contribution is -0.140. The van der Waals surface area contributed by atoms with Crippen molar-refractivity contribution >= 4 is 45.5 Å². The highest BCUT2D eigenvalue weighted by Crippen LogP contribution is 2.44. The van der Waals surface area contributed by atoms with Crippen molar-refractivity contribution in [3.8, 4) is 0 Å². The Kier molecular flexibility index (Phi) is 6.45. The summed E-state index contributed by atoms with van der Waals surface area (Å²) in [4.78, 5) is 13.5. The number of aromatic nitrogens is 2. The lowest BCUT2D eigenvalue weighted by Gasteiger charge is -2.20. The highest BCUT2D eigenvalue weighted by Gasteiger charge is 2.41. The smallest absolute Gasteiger partial charge is 0.278 e. The van der Waals surface area contributed by atoms with Crippen LogP contribution >= 0.6 is 27.7 Å². The molecule has 0 aliphatic rings. The van der Waals surface area contributed by atoms with Gasteiger partial charge < -0.3 is 0 Å². The van der Waals surface area contributed by atoms with Gasteiger partial charge in [0.05, 0.1) is 5.69 Å². The molecule has 2 rings (SSSR count). The maximum atomic E-state index is 14.1. The van der Waals surface area contributed by atoms with E-state index >= 15 is 0 Å². The van der Waals surface area contributed by atoms with Crippen LogP contribution in [-0.4, -0.2) is 21.9 Å². The first-order valence-corrected chi connectivity index (χ1v) is 8.82. The van der Waals surface area contributed by atoms with Crippen LogP contribution in [0.3, 0.4) is 0 Å². The van der Waals surface area contributed by atoms with E-state index < -0.39 is 34.9 Å². The maximum absolute atomic E-state index is 14.1. The minimum atomic E-state index is -4.88. The molecule has 0 aliphatic heterocycles. The van der Waals surface area contributed by atoms with Crippen LogP contribution < -0.4 is 4.90 Å². The number of nitrogens with zero attached hydrogens (tertiary/aromatic N) is 3. The van der Waals surface area contributed by atoms with E-state index in [1.807, 2.05) is 0 Å². The van der Waals surface area contributed by atoms with E-state index in [4.69, 9.17) is 0 Å². The molecular weight excluding hydrogens is 445 g/mol. The summed E-state index contributed by atoms with van der Waals surface area (Å²) in [7, 11) is 1.28. The second-order valence-electron chi connectivity index (χ2n) is 4.87. The molecule has 1 aromatic carbocycles. The van der Waals surface area contributed by atoms with E-state index in [0.29, 0.717) is 11.0 Å². The van der Waals surface area contributed by atoms with Crippen LogP contribution in [0.15, 0.2) is 34.3 Å². The van der Waals surface area contributed by atoms with Gasteiger partial charge in [0, 0.05) is 18.9 Å². The van der Waals surface area contributed by atoms with Crippen molar-refractivity contribution < 1.29 is 26.7 Å². The summed E-state index contributed by atoms with van der Waals surface area (Å²) < 4.78 is 68.4. The molecule has 0 saturated carbocycles. The Bertz CT molecular complexity index is 837. The predicted octanol–water partition coefficient (Wildman–Crippen LogP) is 5.01. The molecule has 4 nitrogen and oxygen atoms in total. The van der Waals surface area contributed by atoms with Gasteiger partial charge in [0.15, 0.2) is 5.69 Å². The Labute approximate surface area is 157 Å². The molecule has 2 aromatic rings. The summed E-state index contributed by atoms with van der Waals surface area (Å²) in [5, 5.41) is 3.44. The van der Waals surface area contributed by atoms with Crippen LogP contribution in [0, 0.1) is 11.6 Å². The van der Waals surface area contributed by atoms with Gasteiger partial charge in [-0.1, -0.05) is 22.0 Å². The van der Waals surface area contributed by atoms with Gasteiger partial charge in [0.25, 0.3) is 0 Å². The van der Waals surface area contributed by atoms with Crippen molar-refractivity contribution in [3.05, 3.63) is 46.6 Å². The van der Waals surface area contributed by atoms with Crippen molar-refractivity contribution in [1.82, 2.24) is 9.78 Å². The molecule has 0 unspecified atom stereocenters. The minimum Gasteiger partial charge on any atom is -0.278 e. The predicted molar refractivity (Wildman–Crippen MR) is 91.6 cm³/mol.